The lowest BCUT2D eigenvalue weighted by molar-refractivity contribution is 0.0484. The van der Waals surface area contributed by atoms with Crippen molar-refractivity contribution in [1.29, 1.82) is 0 Å². The smallest absolute Gasteiger partial charge is 0.0309 e. The van der Waals surface area contributed by atoms with Crippen LogP contribution in [-0.4, -0.2) is 29.6 Å². The zero-order valence-electron chi connectivity index (χ0n) is 13.7. The molecule has 116 valence electrons. The molecule has 1 aromatic carbocycles. The molecule has 2 aliphatic rings. The largest absolute Gasteiger partial charge is 0.308 e. The normalized spacial score (nSPS) is 26.1. The molecule has 2 fully saturated rings. The first kappa shape index (κ1) is 15.1. The van der Waals surface area contributed by atoms with Crippen LogP contribution in [0.3, 0.4) is 0 Å². The lowest BCUT2D eigenvalue weighted by Gasteiger charge is -2.49. The van der Waals surface area contributed by atoms with Crippen LogP contribution in [0.25, 0.3) is 0 Å². The van der Waals surface area contributed by atoms with Gasteiger partial charge in [0, 0.05) is 31.2 Å². The Hall–Kier alpha value is -0.860. The number of hydrogen-bond acceptors (Lipinski definition) is 2. The fourth-order valence-corrected chi connectivity index (χ4v) is 4.12. The summed E-state index contributed by atoms with van der Waals surface area (Å²) in [6, 6.07) is 9.79. The molecule has 1 aromatic rings. The molecule has 0 aromatic heterocycles. The Bertz CT molecular complexity index is 445. The van der Waals surface area contributed by atoms with E-state index in [0.29, 0.717) is 11.6 Å². The molecule has 1 saturated carbocycles. The number of aryl methyl sites for hydroxylation is 1. The third kappa shape index (κ3) is 3.49. The molecule has 2 heteroatoms. The van der Waals surface area contributed by atoms with Gasteiger partial charge in [-0.15, -0.1) is 0 Å². The van der Waals surface area contributed by atoms with Gasteiger partial charge in [0.15, 0.2) is 0 Å². The summed E-state index contributed by atoms with van der Waals surface area (Å²) in [5.41, 5.74) is 3.23. The standard InChI is InChI=1S/C19H30N2/c1-3-18-13-20-19(11-5-4-6-12-19)15-21(18)14-17-9-7-16(2)8-10-17/h7-10,18,20H,3-6,11-15H2,1-2H3. The van der Waals surface area contributed by atoms with Gasteiger partial charge in [-0.1, -0.05) is 56.0 Å². The Labute approximate surface area is 129 Å². The van der Waals surface area contributed by atoms with E-state index >= 15 is 0 Å². The van der Waals surface area contributed by atoms with Crippen LogP contribution in [0.4, 0.5) is 0 Å². The fourth-order valence-electron chi connectivity index (χ4n) is 4.12. The second-order valence-corrected chi connectivity index (χ2v) is 7.17. The third-order valence-corrected chi connectivity index (χ3v) is 5.52. The van der Waals surface area contributed by atoms with Crippen molar-refractivity contribution in [3.8, 4) is 0 Å². The summed E-state index contributed by atoms with van der Waals surface area (Å²) in [6.07, 6.45) is 8.22. The average molecular weight is 286 g/mol. The van der Waals surface area contributed by atoms with E-state index in [1.165, 1.54) is 62.7 Å². The topological polar surface area (TPSA) is 15.3 Å². The lowest BCUT2D eigenvalue weighted by Crippen LogP contribution is -2.64. The number of nitrogens with one attached hydrogen (secondary N) is 1. The molecule has 1 spiro atoms. The predicted molar refractivity (Wildman–Crippen MR) is 89.5 cm³/mol. The second kappa shape index (κ2) is 6.50. The summed E-state index contributed by atoms with van der Waals surface area (Å²) < 4.78 is 0. The van der Waals surface area contributed by atoms with Crippen LogP contribution >= 0.6 is 0 Å². The summed E-state index contributed by atoms with van der Waals surface area (Å²) in [5, 5.41) is 3.92. The minimum absolute atomic E-state index is 0.411. The maximum absolute atomic E-state index is 3.92. The molecule has 1 aliphatic carbocycles. The first-order valence-corrected chi connectivity index (χ1v) is 8.75. The summed E-state index contributed by atoms with van der Waals surface area (Å²) in [7, 11) is 0. The fraction of sp³-hybridized carbons (Fsp3) is 0.684. The van der Waals surface area contributed by atoms with Crippen molar-refractivity contribution in [2.24, 2.45) is 0 Å². The Morgan fingerprint density at radius 2 is 1.86 bits per heavy atom. The Kier molecular flexibility index (Phi) is 4.66. The number of rotatable bonds is 3. The Morgan fingerprint density at radius 1 is 1.14 bits per heavy atom. The zero-order chi connectivity index (χ0) is 14.7. The van der Waals surface area contributed by atoms with Gasteiger partial charge in [-0.3, -0.25) is 4.90 Å². The zero-order valence-corrected chi connectivity index (χ0v) is 13.7. The Balaban J connectivity index is 1.71. The van der Waals surface area contributed by atoms with Gasteiger partial charge in [0.2, 0.25) is 0 Å². The molecular formula is C19H30N2. The second-order valence-electron chi connectivity index (χ2n) is 7.17. The molecule has 1 heterocycles. The van der Waals surface area contributed by atoms with Gasteiger partial charge in [0.1, 0.15) is 0 Å². The van der Waals surface area contributed by atoms with Crippen LogP contribution in [-0.2, 0) is 6.54 Å². The number of hydrogen-bond donors (Lipinski definition) is 1. The Morgan fingerprint density at radius 3 is 2.52 bits per heavy atom. The van der Waals surface area contributed by atoms with Crippen molar-refractivity contribution in [2.45, 2.75) is 70.5 Å². The highest BCUT2D eigenvalue weighted by Gasteiger charge is 2.39. The molecule has 1 saturated heterocycles. The SMILES string of the molecule is CCC1CNC2(CCCCC2)CN1Cc1ccc(C)cc1. The summed E-state index contributed by atoms with van der Waals surface area (Å²) in [5.74, 6) is 0. The summed E-state index contributed by atoms with van der Waals surface area (Å²) in [6.45, 7) is 8.01. The molecule has 0 radical (unpaired) electrons. The molecule has 3 rings (SSSR count). The van der Waals surface area contributed by atoms with Crippen molar-refractivity contribution < 1.29 is 0 Å². The third-order valence-electron chi connectivity index (χ3n) is 5.52. The predicted octanol–water partition coefficient (Wildman–Crippen LogP) is 3.88. The van der Waals surface area contributed by atoms with Gasteiger partial charge in [0.25, 0.3) is 0 Å². The van der Waals surface area contributed by atoms with Crippen LogP contribution in [0.5, 0.6) is 0 Å². The van der Waals surface area contributed by atoms with E-state index < -0.39 is 0 Å². The monoisotopic (exact) mass is 286 g/mol. The highest BCUT2D eigenvalue weighted by molar-refractivity contribution is 5.21. The van der Waals surface area contributed by atoms with Crippen LogP contribution in [0.2, 0.25) is 0 Å². The minimum atomic E-state index is 0.411. The molecule has 1 N–H and O–H groups in total. The highest BCUT2D eigenvalue weighted by Crippen LogP contribution is 2.32. The van der Waals surface area contributed by atoms with Crippen molar-refractivity contribution in [2.75, 3.05) is 13.1 Å². The van der Waals surface area contributed by atoms with Crippen molar-refractivity contribution >= 4 is 0 Å². The molecule has 1 atom stereocenters. The van der Waals surface area contributed by atoms with E-state index in [-0.39, 0.29) is 0 Å². The molecule has 1 aliphatic heterocycles. The first-order chi connectivity index (χ1) is 10.2. The van der Waals surface area contributed by atoms with Crippen molar-refractivity contribution in [1.82, 2.24) is 10.2 Å². The number of benzene rings is 1. The maximum atomic E-state index is 3.92. The van der Waals surface area contributed by atoms with Gasteiger partial charge in [-0.25, -0.2) is 0 Å². The van der Waals surface area contributed by atoms with Gasteiger partial charge < -0.3 is 5.32 Å². The molecular weight excluding hydrogens is 256 g/mol. The van der Waals surface area contributed by atoms with E-state index in [0.717, 1.165) is 6.54 Å². The quantitative estimate of drug-likeness (QED) is 0.907. The van der Waals surface area contributed by atoms with Crippen LogP contribution < -0.4 is 5.32 Å². The molecule has 1 unspecified atom stereocenters. The molecule has 2 nitrogen and oxygen atoms in total. The van der Waals surface area contributed by atoms with E-state index in [4.69, 9.17) is 0 Å². The molecule has 0 amide bonds. The van der Waals surface area contributed by atoms with Crippen LogP contribution in [0, 0.1) is 6.92 Å². The van der Waals surface area contributed by atoms with Crippen LogP contribution in [0.1, 0.15) is 56.6 Å². The lowest BCUT2D eigenvalue weighted by atomic mass is 9.79. The summed E-state index contributed by atoms with van der Waals surface area (Å²) in [4.78, 5) is 2.74. The van der Waals surface area contributed by atoms with Crippen molar-refractivity contribution in [3.05, 3.63) is 35.4 Å². The van der Waals surface area contributed by atoms with E-state index in [1.54, 1.807) is 0 Å². The minimum Gasteiger partial charge on any atom is -0.308 e. The van der Waals surface area contributed by atoms with Crippen molar-refractivity contribution in [3.63, 3.8) is 0 Å². The number of piperazine rings is 1. The van der Waals surface area contributed by atoms with Gasteiger partial charge in [-0.2, -0.15) is 0 Å². The maximum Gasteiger partial charge on any atom is 0.0309 e. The molecule has 0 bridgehead atoms. The summed E-state index contributed by atoms with van der Waals surface area (Å²) >= 11 is 0. The van der Waals surface area contributed by atoms with Gasteiger partial charge >= 0.3 is 0 Å². The highest BCUT2D eigenvalue weighted by atomic mass is 15.3. The average Bonchev–Trinajstić information content (AvgIpc) is 2.51. The van der Waals surface area contributed by atoms with Gasteiger partial charge in [0.05, 0.1) is 0 Å². The van der Waals surface area contributed by atoms with E-state index in [9.17, 15) is 0 Å². The van der Waals surface area contributed by atoms with E-state index in [1.807, 2.05) is 0 Å². The van der Waals surface area contributed by atoms with E-state index in [2.05, 4.69) is 48.3 Å². The van der Waals surface area contributed by atoms with Crippen LogP contribution in [0.15, 0.2) is 24.3 Å². The van der Waals surface area contributed by atoms with Gasteiger partial charge in [-0.05, 0) is 31.7 Å². The first-order valence-electron chi connectivity index (χ1n) is 8.75. The molecule has 21 heavy (non-hydrogen) atoms. The number of nitrogens with zero attached hydrogens (tertiary/aromatic N) is 1.